The van der Waals surface area contributed by atoms with E-state index in [0.29, 0.717) is 17.5 Å². The summed E-state index contributed by atoms with van der Waals surface area (Å²) >= 11 is 0. The second-order valence-corrected chi connectivity index (χ2v) is 10.3. The molecule has 0 fully saturated rings. The predicted octanol–water partition coefficient (Wildman–Crippen LogP) is 9.33. The molecule has 8 rings (SSSR count). The van der Waals surface area contributed by atoms with Crippen molar-refractivity contribution in [1.82, 2.24) is 19.9 Å². The quantitative estimate of drug-likeness (QED) is 0.250. The molecule has 0 unspecified atom stereocenters. The topological polar surface area (TPSA) is 54.5 Å². The van der Waals surface area contributed by atoms with Crippen molar-refractivity contribution in [3.05, 3.63) is 140 Å². The SMILES string of the molecule is c1cc(-c2ccc3cc[nH]c3c2)cc(-c2nc(-c3ccc4ccccc4c3)nc(-c3ccc4ccccc4c3)n2)c1. The molecule has 1 N–H and O–H groups in total. The number of nitrogens with one attached hydrogen (secondary N) is 1. The van der Waals surface area contributed by atoms with Crippen LogP contribution < -0.4 is 0 Å². The van der Waals surface area contributed by atoms with Gasteiger partial charge < -0.3 is 4.98 Å². The third-order valence-corrected chi connectivity index (χ3v) is 7.66. The Morgan fingerprint density at radius 3 is 1.46 bits per heavy atom. The minimum absolute atomic E-state index is 0.647. The molecule has 0 aliphatic carbocycles. The zero-order chi connectivity index (χ0) is 27.2. The monoisotopic (exact) mass is 524 g/mol. The van der Waals surface area contributed by atoms with E-state index in [0.717, 1.165) is 44.1 Å². The van der Waals surface area contributed by atoms with Crippen molar-refractivity contribution in [3.63, 3.8) is 0 Å². The molecule has 0 atom stereocenters. The molecule has 0 radical (unpaired) electrons. The van der Waals surface area contributed by atoms with Gasteiger partial charge in [-0.1, -0.05) is 103 Å². The highest BCUT2D eigenvalue weighted by atomic mass is 15.0. The second kappa shape index (κ2) is 9.54. The lowest BCUT2D eigenvalue weighted by atomic mass is 10.0. The largest absolute Gasteiger partial charge is 0.361 e. The zero-order valence-corrected chi connectivity index (χ0v) is 22.1. The molecule has 0 aliphatic rings. The molecule has 2 heterocycles. The van der Waals surface area contributed by atoms with E-state index in [9.17, 15) is 0 Å². The van der Waals surface area contributed by atoms with Crippen molar-refractivity contribution in [2.24, 2.45) is 0 Å². The highest BCUT2D eigenvalue weighted by molar-refractivity contribution is 5.89. The number of benzene rings is 6. The number of H-pyrrole nitrogens is 1. The Balaban J connectivity index is 1.30. The van der Waals surface area contributed by atoms with Gasteiger partial charge in [-0.15, -0.1) is 0 Å². The van der Waals surface area contributed by atoms with Crippen LogP contribution in [0.15, 0.2) is 140 Å². The first-order chi connectivity index (χ1) is 20.3. The number of hydrogen-bond donors (Lipinski definition) is 1. The lowest BCUT2D eigenvalue weighted by molar-refractivity contribution is 1.08. The van der Waals surface area contributed by atoms with Gasteiger partial charge in [0.15, 0.2) is 17.5 Å². The lowest BCUT2D eigenvalue weighted by Crippen LogP contribution is -2.00. The summed E-state index contributed by atoms with van der Waals surface area (Å²) in [6.07, 6.45) is 1.97. The highest BCUT2D eigenvalue weighted by Gasteiger charge is 2.14. The Morgan fingerprint density at radius 2 is 0.829 bits per heavy atom. The summed E-state index contributed by atoms with van der Waals surface area (Å²) in [4.78, 5) is 18.3. The molecule has 0 spiro atoms. The molecule has 2 aromatic heterocycles. The number of aromatic amines is 1. The van der Waals surface area contributed by atoms with Crippen molar-refractivity contribution in [2.75, 3.05) is 0 Å². The maximum atomic E-state index is 5.02. The molecule has 41 heavy (non-hydrogen) atoms. The molecule has 0 saturated heterocycles. The van der Waals surface area contributed by atoms with Crippen molar-refractivity contribution in [2.45, 2.75) is 0 Å². The van der Waals surface area contributed by atoms with E-state index in [2.05, 4.69) is 138 Å². The summed E-state index contributed by atoms with van der Waals surface area (Å²) in [6.45, 7) is 0. The fraction of sp³-hybridized carbons (Fsp3) is 0. The van der Waals surface area contributed by atoms with Gasteiger partial charge in [0.1, 0.15) is 0 Å². The van der Waals surface area contributed by atoms with Gasteiger partial charge in [-0.3, -0.25) is 0 Å². The van der Waals surface area contributed by atoms with Gasteiger partial charge in [0.2, 0.25) is 0 Å². The van der Waals surface area contributed by atoms with Crippen LogP contribution in [-0.4, -0.2) is 19.9 Å². The van der Waals surface area contributed by atoms with Gasteiger partial charge in [0, 0.05) is 28.4 Å². The number of nitrogens with zero attached hydrogens (tertiary/aromatic N) is 3. The zero-order valence-electron chi connectivity index (χ0n) is 22.1. The Kier molecular flexibility index (Phi) is 5.42. The molecule has 4 nitrogen and oxygen atoms in total. The summed E-state index contributed by atoms with van der Waals surface area (Å²) < 4.78 is 0. The molecular weight excluding hydrogens is 500 g/mol. The predicted molar refractivity (Wildman–Crippen MR) is 168 cm³/mol. The van der Waals surface area contributed by atoms with Gasteiger partial charge in [-0.2, -0.15) is 0 Å². The fourth-order valence-electron chi connectivity index (χ4n) is 5.49. The first-order valence-electron chi connectivity index (χ1n) is 13.7. The molecule has 0 aliphatic heterocycles. The van der Waals surface area contributed by atoms with E-state index < -0.39 is 0 Å². The first kappa shape index (κ1) is 23.3. The summed E-state index contributed by atoms with van der Waals surface area (Å²) in [6, 6.07) is 46.4. The highest BCUT2D eigenvalue weighted by Crippen LogP contribution is 2.31. The maximum absolute atomic E-state index is 5.02. The Morgan fingerprint density at radius 1 is 0.341 bits per heavy atom. The number of rotatable bonds is 4. The number of aromatic nitrogens is 4. The standard InChI is InChI=1S/C37H24N4/c1-3-8-27-20-32(16-12-24(27)6-1)36-39-35(40-37(41-36)33-17-13-25-7-2-4-9-28(25)21-33)31-11-5-10-29(22-31)30-15-14-26-18-19-38-34(26)23-30/h1-23,38H. The Hall–Kier alpha value is -5.61. The lowest BCUT2D eigenvalue weighted by Gasteiger charge is -2.11. The minimum atomic E-state index is 0.647. The molecule has 8 aromatic rings. The summed E-state index contributed by atoms with van der Waals surface area (Å²) in [5.41, 5.74) is 6.23. The first-order valence-corrected chi connectivity index (χ1v) is 13.7. The summed E-state index contributed by atoms with van der Waals surface area (Å²) in [5.74, 6) is 1.96. The third-order valence-electron chi connectivity index (χ3n) is 7.66. The van der Waals surface area contributed by atoms with Crippen LogP contribution in [0, 0.1) is 0 Å². The normalized spacial score (nSPS) is 11.4. The summed E-state index contributed by atoms with van der Waals surface area (Å²) in [7, 11) is 0. The van der Waals surface area contributed by atoms with Gasteiger partial charge >= 0.3 is 0 Å². The molecule has 4 heteroatoms. The van der Waals surface area contributed by atoms with Crippen LogP contribution >= 0.6 is 0 Å². The molecule has 0 bridgehead atoms. The Bertz CT molecular complexity index is 2130. The summed E-state index contributed by atoms with van der Waals surface area (Å²) in [5, 5.41) is 5.88. The number of fused-ring (bicyclic) bond motifs is 3. The van der Waals surface area contributed by atoms with E-state index in [-0.39, 0.29) is 0 Å². The van der Waals surface area contributed by atoms with Crippen molar-refractivity contribution >= 4 is 32.4 Å². The minimum Gasteiger partial charge on any atom is -0.361 e. The van der Waals surface area contributed by atoms with Crippen LogP contribution in [0.5, 0.6) is 0 Å². The maximum Gasteiger partial charge on any atom is 0.164 e. The molecule has 192 valence electrons. The van der Waals surface area contributed by atoms with Gasteiger partial charge in [-0.25, -0.2) is 15.0 Å². The molecular formula is C37H24N4. The smallest absolute Gasteiger partial charge is 0.164 e. The second-order valence-electron chi connectivity index (χ2n) is 10.3. The molecule has 0 saturated carbocycles. The average molecular weight is 525 g/mol. The van der Waals surface area contributed by atoms with Crippen LogP contribution in [0.2, 0.25) is 0 Å². The average Bonchev–Trinajstić information content (AvgIpc) is 3.52. The third kappa shape index (κ3) is 4.32. The fourth-order valence-corrected chi connectivity index (χ4v) is 5.49. The van der Waals surface area contributed by atoms with Crippen LogP contribution in [0.25, 0.3) is 77.7 Å². The van der Waals surface area contributed by atoms with E-state index in [4.69, 9.17) is 15.0 Å². The van der Waals surface area contributed by atoms with Crippen LogP contribution in [0.1, 0.15) is 0 Å². The van der Waals surface area contributed by atoms with Crippen molar-refractivity contribution < 1.29 is 0 Å². The van der Waals surface area contributed by atoms with Crippen LogP contribution in [-0.2, 0) is 0 Å². The molecule has 6 aromatic carbocycles. The van der Waals surface area contributed by atoms with Crippen molar-refractivity contribution in [1.29, 1.82) is 0 Å². The molecule has 0 amide bonds. The Labute approximate surface area is 237 Å². The number of hydrogen-bond acceptors (Lipinski definition) is 3. The van der Waals surface area contributed by atoms with Gasteiger partial charge in [0.25, 0.3) is 0 Å². The van der Waals surface area contributed by atoms with Gasteiger partial charge in [0.05, 0.1) is 0 Å². The van der Waals surface area contributed by atoms with Gasteiger partial charge in [-0.05, 0) is 68.4 Å². The van der Waals surface area contributed by atoms with E-state index in [1.54, 1.807) is 0 Å². The van der Waals surface area contributed by atoms with E-state index >= 15 is 0 Å². The van der Waals surface area contributed by atoms with Crippen molar-refractivity contribution in [3.8, 4) is 45.3 Å². The van der Waals surface area contributed by atoms with E-state index in [1.807, 2.05) is 6.20 Å². The van der Waals surface area contributed by atoms with Crippen LogP contribution in [0.3, 0.4) is 0 Å². The van der Waals surface area contributed by atoms with E-state index in [1.165, 1.54) is 16.2 Å². The van der Waals surface area contributed by atoms with Crippen LogP contribution in [0.4, 0.5) is 0 Å².